The van der Waals surface area contributed by atoms with Gasteiger partial charge in [-0.3, -0.25) is 9.59 Å². The minimum absolute atomic E-state index is 0.00632. The molecule has 0 aliphatic rings. The van der Waals surface area contributed by atoms with E-state index in [0.717, 1.165) is 10.7 Å². The van der Waals surface area contributed by atoms with E-state index in [1.165, 1.54) is 19.2 Å². The van der Waals surface area contributed by atoms with Gasteiger partial charge in [-0.25, -0.2) is 9.18 Å². The lowest BCUT2D eigenvalue weighted by Crippen LogP contribution is -2.24. The van der Waals surface area contributed by atoms with Crippen LogP contribution in [0.25, 0.3) is 11.5 Å². The van der Waals surface area contributed by atoms with Crippen molar-refractivity contribution >= 4 is 11.8 Å². The summed E-state index contributed by atoms with van der Waals surface area (Å²) < 4.78 is 29.1. The van der Waals surface area contributed by atoms with Crippen LogP contribution < -0.4 is 10.5 Å². The molecule has 0 saturated carbocycles. The SMILES string of the molecule is COc1ccc(C(=O)COC(=O)Cn2nc(-c3ccccc3)oc2=O)cc1F. The molecule has 2 aromatic carbocycles. The summed E-state index contributed by atoms with van der Waals surface area (Å²) in [5.41, 5.74) is 0.597. The summed E-state index contributed by atoms with van der Waals surface area (Å²) in [7, 11) is 1.30. The first kappa shape index (κ1) is 19.0. The molecule has 8 nitrogen and oxygen atoms in total. The Morgan fingerprint density at radius 3 is 2.61 bits per heavy atom. The van der Waals surface area contributed by atoms with Crippen molar-refractivity contribution in [3.05, 3.63) is 70.5 Å². The molecule has 0 amide bonds. The van der Waals surface area contributed by atoms with Crippen LogP contribution in [0.3, 0.4) is 0 Å². The Kier molecular flexibility index (Phi) is 5.64. The Morgan fingerprint density at radius 2 is 1.93 bits per heavy atom. The van der Waals surface area contributed by atoms with Gasteiger partial charge < -0.3 is 13.9 Å². The maximum atomic E-state index is 13.6. The second-order valence-electron chi connectivity index (χ2n) is 5.63. The van der Waals surface area contributed by atoms with Crippen LogP contribution in [0.15, 0.2) is 57.7 Å². The Bertz CT molecular complexity index is 1060. The van der Waals surface area contributed by atoms with Crippen LogP contribution in [0.5, 0.6) is 5.75 Å². The number of hydrogen-bond acceptors (Lipinski definition) is 7. The van der Waals surface area contributed by atoms with Gasteiger partial charge in [-0.1, -0.05) is 18.2 Å². The van der Waals surface area contributed by atoms with Crippen LogP contribution in [-0.4, -0.2) is 35.2 Å². The van der Waals surface area contributed by atoms with Crippen molar-refractivity contribution in [3.8, 4) is 17.2 Å². The lowest BCUT2D eigenvalue weighted by Gasteiger charge is -2.06. The lowest BCUT2D eigenvalue weighted by atomic mass is 10.1. The topological polar surface area (TPSA) is 101 Å². The number of Topliss-reactive ketones (excluding diaryl/α,β-unsaturated/α-hetero) is 1. The highest BCUT2D eigenvalue weighted by molar-refractivity contribution is 5.98. The van der Waals surface area contributed by atoms with Gasteiger partial charge in [0.25, 0.3) is 0 Å². The second kappa shape index (κ2) is 8.30. The maximum absolute atomic E-state index is 13.6. The first-order valence-corrected chi connectivity index (χ1v) is 8.13. The molecule has 3 rings (SSSR count). The lowest BCUT2D eigenvalue weighted by molar-refractivity contribution is -0.143. The molecule has 0 fully saturated rings. The van der Waals surface area contributed by atoms with E-state index in [2.05, 4.69) is 5.10 Å². The second-order valence-corrected chi connectivity index (χ2v) is 5.63. The number of rotatable bonds is 7. The fraction of sp³-hybridized carbons (Fsp3) is 0.158. The number of carbonyl (C=O) groups is 2. The highest BCUT2D eigenvalue weighted by atomic mass is 19.1. The van der Waals surface area contributed by atoms with Crippen LogP contribution in [-0.2, 0) is 16.1 Å². The Hall–Kier alpha value is -3.75. The Balaban J connectivity index is 1.60. The van der Waals surface area contributed by atoms with E-state index in [1.807, 2.05) is 0 Å². The van der Waals surface area contributed by atoms with Crippen LogP contribution >= 0.6 is 0 Å². The van der Waals surface area contributed by atoms with Gasteiger partial charge in [-0.2, -0.15) is 4.68 Å². The number of benzene rings is 2. The van der Waals surface area contributed by atoms with Gasteiger partial charge in [0.15, 0.2) is 24.0 Å². The van der Waals surface area contributed by atoms with Crippen LogP contribution in [0.2, 0.25) is 0 Å². The van der Waals surface area contributed by atoms with E-state index in [4.69, 9.17) is 13.9 Å². The molecule has 1 heterocycles. The van der Waals surface area contributed by atoms with Gasteiger partial charge >= 0.3 is 11.7 Å². The number of carbonyl (C=O) groups excluding carboxylic acids is 2. The van der Waals surface area contributed by atoms with Crippen molar-refractivity contribution in [1.29, 1.82) is 0 Å². The normalized spacial score (nSPS) is 10.5. The Morgan fingerprint density at radius 1 is 1.18 bits per heavy atom. The van der Waals surface area contributed by atoms with Crippen molar-refractivity contribution in [1.82, 2.24) is 9.78 Å². The molecular formula is C19H15FN2O6. The average Bonchev–Trinajstić information content (AvgIpc) is 3.07. The van der Waals surface area contributed by atoms with E-state index >= 15 is 0 Å². The van der Waals surface area contributed by atoms with Gasteiger partial charge in [-0.05, 0) is 30.3 Å². The molecule has 0 N–H and O–H groups in total. The summed E-state index contributed by atoms with van der Waals surface area (Å²) in [6.07, 6.45) is 0. The van der Waals surface area contributed by atoms with Gasteiger partial charge in [0.2, 0.25) is 5.89 Å². The number of esters is 1. The molecule has 0 radical (unpaired) electrons. The molecule has 3 aromatic rings. The third-order valence-electron chi connectivity index (χ3n) is 3.74. The van der Waals surface area contributed by atoms with Gasteiger partial charge in [0.05, 0.1) is 7.11 Å². The first-order chi connectivity index (χ1) is 13.5. The van der Waals surface area contributed by atoms with Crippen molar-refractivity contribution in [2.75, 3.05) is 13.7 Å². The van der Waals surface area contributed by atoms with Gasteiger partial charge in [-0.15, -0.1) is 5.10 Å². The minimum Gasteiger partial charge on any atom is -0.494 e. The van der Waals surface area contributed by atoms with E-state index < -0.39 is 36.5 Å². The highest BCUT2D eigenvalue weighted by Crippen LogP contribution is 2.18. The minimum atomic E-state index is -0.864. The summed E-state index contributed by atoms with van der Waals surface area (Å²) in [6.45, 7) is -1.14. The number of ketones is 1. The monoisotopic (exact) mass is 386 g/mol. The number of aromatic nitrogens is 2. The number of nitrogens with zero attached hydrogens (tertiary/aromatic N) is 2. The van der Waals surface area contributed by atoms with Gasteiger partial charge in [0.1, 0.15) is 6.54 Å². The van der Waals surface area contributed by atoms with E-state index in [-0.39, 0.29) is 17.2 Å². The number of hydrogen-bond donors (Lipinski definition) is 0. The molecule has 144 valence electrons. The molecular weight excluding hydrogens is 371 g/mol. The number of ether oxygens (including phenoxy) is 2. The van der Waals surface area contributed by atoms with Crippen molar-refractivity contribution in [2.24, 2.45) is 0 Å². The zero-order valence-corrected chi connectivity index (χ0v) is 14.8. The summed E-state index contributed by atoms with van der Waals surface area (Å²) >= 11 is 0. The standard InChI is InChI=1S/C19H15FN2O6/c1-26-16-8-7-13(9-14(16)20)15(23)11-27-17(24)10-22-19(25)28-18(21-22)12-5-3-2-4-6-12/h2-9H,10-11H2,1H3. The van der Waals surface area contributed by atoms with E-state index in [0.29, 0.717) is 5.56 Å². The van der Waals surface area contributed by atoms with Crippen molar-refractivity contribution < 1.29 is 27.9 Å². The fourth-order valence-electron chi connectivity index (χ4n) is 2.34. The van der Waals surface area contributed by atoms with Crippen molar-refractivity contribution in [3.63, 3.8) is 0 Å². The maximum Gasteiger partial charge on any atom is 0.437 e. The van der Waals surface area contributed by atoms with Crippen LogP contribution in [0, 0.1) is 5.82 Å². The zero-order valence-electron chi connectivity index (χ0n) is 14.8. The first-order valence-electron chi connectivity index (χ1n) is 8.13. The Labute approximate surface area is 158 Å². The summed E-state index contributed by atoms with van der Waals surface area (Å²) in [4.78, 5) is 35.7. The number of methoxy groups -OCH3 is 1. The average molecular weight is 386 g/mol. The third-order valence-corrected chi connectivity index (χ3v) is 3.74. The van der Waals surface area contributed by atoms with Crippen LogP contribution in [0.1, 0.15) is 10.4 Å². The molecule has 0 bridgehead atoms. The fourth-order valence-corrected chi connectivity index (χ4v) is 2.34. The molecule has 9 heteroatoms. The molecule has 28 heavy (non-hydrogen) atoms. The zero-order chi connectivity index (χ0) is 20.1. The molecule has 1 aromatic heterocycles. The van der Waals surface area contributed by atoms with E-state index in [9.17, 15) is 18.8 Å². The van der Waals surface area contributed by atoms with Gasteiger partial charge in [0, 0.05) is 11.1 Å². The highest BCUT2D eigenvalue weighted by Gasteiger charge is 2.16. The smallest absolute Gasteiger partial charge is 0.437 e. The molecule has 0 spiro atoms. The summed E-state index contributed by atoms with van der Waals surface area (Å²) in [5.74, 6) is -2.96. The van der Waals surface area contributed by atoms with Crippen molar-refractivity contribution in [2.45, 2.75) is 6.54 Å². The van der Waals surface area contributed by atoms with E-state index in [1.54, 1.807) is 30.3 Å². The molecule has 0 aliphatic carbocycles. The molecule has 0 saturated heterocycles. The van der Waals surface area contributed by atoms with Crippen LogP contribution in [0.4, 0.5) is 4.39 Å². The quantitative estimate of drug-likeness (QED) is 0.453. The third kappa shape index (κ3) is 4.32. The molecule has 0 atom stereocenters. The number of halogens is 1. The summed E-state index contributed by atoms with van der Waals surface area (Å²) in [6, 6.07) is 12.3. The predicted molar refractivity (Wildman–Crippen MR) is 94.4 cm³/mol. The predicted octanol–water partition coefficient (Wildman–Crippen LogP) is 2.08. The summed E-state index contributed by atoms with van der Waals surface area (Å²) in [5, 5.41) is 3.92. The largest absolute Gasteiger partial charge is 0.494 e. The molecule has 0 aliphatic heterocycles. The molecule has 0 unspecified atom stereocenters.